The van der Waals surface area contributed by atoms with Gasteiger partial charge in [-0.25, -0.2) is 4.79 Å². The number of hydrogen-bond donors (Lipinski definition) is 1. The molecular formula is C16H20ClNO4. The average Bonchev–Trinajstić information content (AvgIpc) is 2.40. The highest BCUT2D eigenvalue weighted by atomic mass is 35.5. The lowest BCUT2D eigenvalue weighted by Gasteiger charge is -2.12. The van der Waals surface area contributed by atoms with Crippen LogP contribution in [0.15, 0.2) is 23.2 Å². The van der Waals surface area contributed by atoms with Crippen LogP contribution in [0.2, 0.25) is 5.02 Å². The lowest BCUT2D eigenvalue weighted by molar-refractivity contribution is -0.139. The van der Waals surface area contributed by atoms with Crippen molar-refractivity contribution >= 4 is 29.8 Å². The molecule has 0 saturated heterocycles. The fourth-order valence-electron chi connectivity index (χ4n) is 1.62. The number of carboxylic acid groups (broad SMARTS) is 1. The molecule has 0 amide bonds. The van der Waals surface area contributed by atoms with Gasteiger partial charge in [-0.15, -0.1) is 0 Å². The molecule has 0 aromatic heterocycles. The number of carbonyl (C=O) groups is 2. The van der Waals surface area contributed by atoms with Gasteiger partial charge in [0.05, 0.1) is 5.92 Å². The molecule has 5 nitrogen and oxygen atoms in total. The van der Waals surface area contributed by atoms with E-state index in [1.54, 1.807) is 45.9 Å². The summed E-state index contributed by atoms with van der Waals surface area (Å²) < 4.78 is 5.28. The van der Waals surface area contributed by atoms with Crippen molar-refractivity contribution in [1.29, 1.82) is 0 Å². The van der Waals surface area contributed by atoms with Gasteiger partial charge < -0.3 is 9.84 Å². The Morgan fingerprint density at radius 3 is 2.41 bits per heavy atom. The number of aliphatic carboxylic acids is 1. The molecule has 1 rings (SSSR count). The van der Waals surface area contributed by atoms with Crippen molar-refractivity contribution in [3.05, 3.63) is 28.8 Å². The topological polar surface area (TPSA) is 76.0 Å². The number of aliphatic imine (C=N–C) groups is 1. The van der Waals surface area contributed by atoms with Crippen molar-refractivity contribution in [1.82, 2.24) is 0 Å². The first-order valence-electron chi connectivity index (χ1n) is 6.99. The summed E-state index contributed by atoms with van der Waals surface area (Å²) >= 11 is 5.94. The van der Waals surface area contributed by atoms with Crippen LogP contribution >= 0.6 is 11.6 Å². The van der Waals surface area contributed by atoms with Crippen LogP contribution in [0, 0.1) is 11.8 Å². The molecule has 0 fully saturated rings. The molecule has 1 atom stereocenters. The quantitative estimate of drug-likeness (QED) is 0.494. The molecule has 6 heteroatoms. The predicted octanol–water partition coefficient (Wildman–Crippen LogP) is 3.43. The van der Waals surface area contributed by atoms with E-state index in [0.29, 0.717) is 16.3 Å². The highest BCUT2D eigenvalue weighted by molar-refractivity contribution is 6.30. The standard InChI is InChI=1S/C16H20ClNO4/c1-9(2)14(15(19)20)18-8-11-7-12(17)5-6-13(11)22-16(21)10(3)4/h5-10,14H,1-4H3,(H,19,20). The van der Waals surface area contributed by atoms with E-state index < -0.39 is 12.0 Å². The number of rotatable bonds is 6. The van der Waals surface area contributed by atoms with Crippen molar-refractivity contribution in [3.63, 3.8) is 0 Å². The smallest absolute Gasteiger partial charge is 0.328 e. The van der Waals surface area contributed by atoms with E-state index in [1.165, 1.54) is 6.21 Å². The first kappa shape index (κ1) is 18.2. The second-order valence-electron chi connectivity index (χ2n) is 5.56. The van der Waals surface area contributed by atoms with Crippen LogP contribution < -0.4 is 4.74 Å². The van der Waals surface area contributed by atoms with Gasteiger partial charge in [0.25, 0.3) is 0 Å². The van der Waals surface area contributed by atoms with Crippen molar-refractivity contribution in [2.45, 2.75) is 33.7 Å². The van der Waals surface area contributed by atoms with Crippen LogP contribution in [0.1, 0.15) is 33.3 Å². The number of benzene rings is 1. The van der Waals surface area contributed by atoms with Crippen LogP contribution in [-0.4, -0.2) is 29.3 Å². The first-order chi connectivity index (χ1) is 10.2. The van der Waals surface area contributed by atoms with Gasteiger partial charge >= 0.3 is 11.9 Å². The molecule has 0 spiro atoms. The van der Waals surface area contributed by atoms with Crippen LogP contribution in [0.5, 0.6) is 5.75 Å². The Kier molecular flexibility index (Phi) is 6.56. The Labute approximate surface area is 135 Å². The molecule has 0 bridgehead atoms. The second kappa shape index (κ2) is 7.94. The second-order valence-corrected chi connectivity index (χ2v) is 6.00. The lowest BCUT2D eigenvalue weighted by Crippen LogP contribution is -2.24. The Morgan fingerprint density at radius 1 is 1.27 bits per heavy atom. The molecule has 1 aromatic rings. The maximum Gasteiger partial charge on any atom is 0.328 e. The summed E-state index contributed by atoms with van der Waals surface area (Å²) in [6, 6.07) is 3.87. The molecule has 22 heavy (non-hydrogen) atoms. The molecule has 0 aliphatic heterocycles. The van der Waals surface area contributed by atoms with E-state index in [0.717, 1.165) is 0 Å². The van der Waals surface area contributed by atoms with Gasteiger partial charge in [0, 0.05) is 16.8 Å². The van der Waals surface area contributed by atoms with Gasteiger partial charge in [0.15, 0.2) is 0 Å². The van der Waals surface area contributed by atoms with Gasteiger partial charge in [-0.1, -0.05) is 39.3 Å². The van der Waals surface area contributed by atoms with Crippen molar-refractivity contribution in [2.75, 3.05) is 0 Å². The average molecular weight is 326 g/mol. The summed E-state index contributed by atoms with van der Waals surface area (Å²) in [6.07, 6.45) is 1.38. The number of carboxylic acids is 1. The minimum Gasteiger partial charge on any atom is -0.480 e. The zero-order valence-electron chi connectivity index (χ0n) is 13.0. The molecule has 0 heterocycles. The highest BCUT2D eigenvalue weighted by Crippen LogP contribution is 2.23. The number of hydrogen-bond acceptors (Lipinski definition) is 4. The summed E-state index contributed by atoms with van der Waals surface area (Å²) in [6.45, 7) is 7.00. The SMILES string of the molecule is CC(C)C(=O)Oc1ccc(Cl)cc1C=NC(C(=O)O)C(C)C. The lowest BCUT2D eigenvalue weighted by atomic mass is 10.1. The maximum absolute atomic E-state index is 11.7. The minimum atomic E-state index is -1.01. The van der Waals surface area contributed by atoms with Gasteiger partial charge in [-0.05, 0) is 24.1 Å². The summed E-state index contributed by atoms with van der Waals surface area (Å²) in [5, 5.41) is 9.59. The van der Waals surface area contributed by atoms with Gasteiger partial charge in [0.2, 0.25) is 0 Å². The highest BCUT2D eigenvalue weighted by Gasteiger charge is 2.20. The third-order valence-corrected chi connectivity index (χ3v) is 3.15. The minimum absolute atomic E-state index is 0.158. The van der Waals surface area contributed by atoms with E-state index in [-0.39, 0.29) is 17.8 Å². The summed E-state index contributed by atoms with van der Waals surface area (Å²) in [5.41, 5.74) is 0.466. The largest absolute Gasteiger partial charge is 0.480 e. The molecule has 0 aliphatic rings. The zero-order chi connectivity index (χ0) is 16.9. The molecule has 0 aliphatic carbocycles. The van der Waals surface area contributed by atoms with Gasteiger partial charge in [-0.2, -0.15) is 0 Å². The molecule has 0 radical (unpaired) electrons. The zero-order valence-corrected chi connectivity index (χ0v) is 13.8. The summed E-state index contributed by atoms with van der Waals surface area (Å²) in [4.78, 5) is 26.9. The monoisotopic (exact) mass is 325 g/mol. The van der Waals surface area contributed by atoms with E-state index in [1.807, 2.05) is 0 Å². The van der Waals surface area contributed by atoms with Crippen molar-refractivity contribution in [2.24, 2.45) is 16.8 Å². The Balaban J connectivity index is 3.09. The molecule has 1 N–H and O–H groups in total. The molecule has 1 unspecified atom stereocenters. The normalized spacial score (nSPS) is 12.9. The number of nitrogens with zero attached hydrogens (tertiary/aromatic N) is 1. The van der Waals surface area contributed by atoms with E-state index in [9.17, 15) is 9.59 Å². The van der Waals surface area contributed by atoms with E-state index in [2.05, 4.69) is 4.99 Å². The van der Waals surface area contributed by atoms with Gasteiger partial charge in [0.1, 0.15) is 11.8 Å². The summed E-state index contributed by atoms with van der Waals surface area (Å²) in [7, 11) is 0. The van der Waals surface area contributed by atoms with Crippen LogP contribution in [0.25, 0.3) is 0 Å². The van der Waals surface area contributed by atoms with Crippen LogP contribution in [0.4, 0.5) is 0 Å². The third kappa shape index (κ3) is 5.15. The van der Waals surface area contributed by atoms with Crippen molar-refractivity contribution < 1.29 is 19.4 Å². The van der Waals surface area contributed by atoms with E-state index >= 15 is 0 Å². The molecule has 0 saturated carbocycles. The Bertz CT molecular complexity index is 582. The molecule has 120 valence electrons. The molecule has 1 aromatic carbocycles. The van der Waals surface area contributed by atoms with Crippen molar-refractivity contribution in [3.8, 4) is 5.75 Å². The predicted molar refractivity (Wildman–Crippen MR) is 85.8 cm³/mol. The first-order valence-corrected chi connectivity index (χ1v) is 7.37. The number of ether oxygens (including phenoxy) is 1. The fraction of sp³-hybridized carbons (Fsp3) is 0.438. The fourth-order valence-corrected chi connectivity index (χ4v) is 1.80. The molecular weight excluding hydrogens is 306 g/mol. The maximum atomic E-state index is 11.7. The van der Waals surface area contributed by atoms with Crippen LogP contribution in [-0.2, 0) is 9.59 Å². The van der Waals surface area contributed by atoms with Gasteiger partial charge in [-0.3, -0.25) is 9.79 Å². The Morgan fingerprint density at radius 2 is 1.91 bits per heavy atom. The third-order valence-electron chi connectivity index (χ3n) is 2.91. The van der Waals surface area contributed by atoms with E-state index in [4.69, 9.17) is 21.4 Å². The van der Waals surface area contributed by atoms with Crippen LogP contribution in [0.3, 0.4) is 0 Å². The Hall–Kier alpha value is -1.88. The number of esters is 1. The summed E-state index contributed by atoms with van der Waals surface area (Å²) in [5.74, 6) is -1.51. The number of halogens is 1. The number of carbonyl (C=O) groups excluding carboxylic acids is 1.